The molecule has 1 saturated heterocycles. The van der Waals surface area contributed by atoms with Crippen LogP contribution in [-0.4, -0.2) is 78.8 Å². The van der Waals surface area contributed by atoms with Gasteiger partial charge in [0.15, 0.2) is 5.82 Å². The van der Waals surface area contributed by atoms with Gasteiger partial charge in [0.2, 0.25) is 11.8 Å². The van der Waals surface area contributed by atoms with Crippen LogP contribution in [0.25, 0.3) is 0 Å². The van der Waals surface area contributed by atoms with Gasteiger partial charge < -0.3 is 14.6 Å². The van der Waals surface area contributed by atoms with Crippen molar-refractivity contribution >= 4 is 5.91 Å². The zero-order valence-corrected chi connectivity index (χ0v) is 15.8. The minimum atomic E-state index is 0.0444. The SMILES string of the molecule is COCCNC(=O)CN1CCN(Cc2nc(Cc3ccccc3)no2)CC1. The monoisotopic (exact) mass is 373 g/mol. The number of methoxy groups -OCH3 is 1. The average Bonchev–Trinajstić information content (AvgIpc) is 3.11. The van der Waals surface area contributed by atoms with E-state index < -0.39 is 0 Å². The summed E-state index contributed by atoms with van der Waals surface area (Å²) in [4.78, 5) is 20.8. The van der Waals surface area contributed by atoms with Gasteiger partial charge in [0.1, 0.15) is 0 Å². The van der Waals surface area contributed by atoms with Crippen LogP contribution in [0.2, 0.25) is 0 Å². The fourth-order valence-corrected chi connectivity index (χ4v) is 3.05. The molecule has 2 heterocycles. The maximum Gasteiger partial charge on any atom is 0.240 e. The Balaban J connectivity index is 1.39. The van der Waals surface area contributed by atoms with E-state index in [9.17, 15) is 4.79 Å². The predicted octanol–water partition coefficient (Wildman–Crippen LogP) is 0.541. The molecular formula is C19H27N5O3. The van der Waals surface area contributed by atoms with Crippen molar-refractivity contribution in [1.82, 2.24) is 25.3 Å². The Kier molecular flexibility index (Phi) is 7.32. The lowest BCUT2D eigenvalue weighted by Gasteiger charge is -2.33. The molecule has 1 aliphatic rings. The highest BCUT2D eigenvalue weighted by molar-refractivity contribution is 5.77. The van der Waals surface area contributed by atoms with Crippen LogP contribution >= 0.6 is 0 Å². The summed E-state index contributed by atoms with van der Waals surface area (Å²) in [5, 5.41) is 6.93. The normalized spacial score (nSPS) is 15.7. The number of aromatic nitrogens is 2. The molecule has 0 aliphatic carbocycles. The van der Waals surface area contributed by atoms with Gasteiger partial charge in [-0.1, -0.05) is 35.5 Å². The van der Waals surface area contributed by atoms with Crippen LogP contribution in [0.5, 0.6) is 0 Å². The lowest BCUT2D eigenvalue weighted by molar-refractivity contribution is -0.122. The Bertz CT molecular complexity index is 698. The first-order valence-corrected chi connectivity index (χ1v) is 9.28. The Morgan fingerprint density at radius 2 is 1.93 bits per heavy atom. The molecule has 8 heteroatoms. The molecule has 0 bridgehead atoms. The zero-order valence-electron chi connectivity index (χ0n) is 15.8. The number of piperazine rings is 1. The van der Waals surface area contributed by atoms with E-state index in [0.29, 0.717) is 44.4 Å². The number of amides is 1. The van der Waals surface area contributed by atoms with Crippen molar-refractivity contribution in [3.63, 3.8) is 0 Å². The van der Waals surface area contributed by atoms with Crippen molar-refractivity contribution < 1.29 is 14.1 Å². The standard InChI is InChI=1S/C19H27N5O3/c1-26-12-7-20-18(25)14-23-8-10-24(11-9-23)15-19-21-17(22-27-19)13-16-5-3-2-4-6-16/h2-6H,7-15H2,1H3,(H,20,25). The molecule has 0 spiro atoms. The number of carbonyl (C=O) groups is 1. The van der Waals surface area contributed by atoms with Crippen molar-refractivity contribution in [3.05, 3.63) is 47.6 Å². The van der Waals surface area contributed by atoms with Crippen LogP contribution in [0.1, 0.15) is 17.3 Å². The molecular weight excluding hydrogens is 346 g/mol. The van der Waals surface area contributed by atoms with Crippen molar-refractivity contribution in [1.29, 1.82) is 0 Å². The van der Waals surface area contributed by atoms with Gasteiger partial charge in [0.05, 0.1) is 19.7 Å². The first-order valence-electron chi connectivity index (χ1n) is 9.28. The Morgan fingerprint density at radius 1 is 1.19 bits per heavy atom. The summed E-state index contributed by atoms with van der Waals surface area (Å²) < 4.78 is 10.3. The van der Waals surface area contributed by atoms with Crippen LogP contribution in [0, 0.1) is 0 Å². The minimum Gasteiger partial charge on any atom is -0.383 e. The topological polar surface area (TPSA) is 83.7 Å². The second kappa shape index (κ2) is 10.1. The Hall–Kier alpha value is -2.29. The summed E-state index contributed by atoms with van der Waals surface area (Å²) in [5.41, 5.74) is 1.17. The van der Waals surface area contributed by atoms with Gasteiger partial charge in [-0.2, -0.15) is 4.98 Å². The van der Waals surface area contributed by atoms with Crippen molar-refractivity contribution in [3.8, 4) is 0 Å². The molecule has 3 rings (SSSR count). The second-order valence-electron chi connectivity index (χ2n) is 6.66. The largest absolute Gasteiger partial charge is 0.383 e. The van der Waals surface area contributed by atoms with E-state index in [0.717, 1.165) is 26.2 Å². The molecule has 8 nitrogen and oxygen atoms in total. The third-order valence-corrected chi connectivity index (χ3v) is 4.53. The number of rotatable bonds is 9. The van der Waals surface area contributed by atoms with E-state index in [1.54, 1.807) is 7.11 Å². The highest BCUT2D eigenvalue weighted by Gasteiger charge is 2.20. The fraction of sp³-hybridized carbons (Fsp3) is 0.526. The van der Waals surface area contributed by atoms with Crippen LogP contribution in [-0.2, 0) is 22.5 Å². The van der Waals surface area contributed by atoms with Gasteiger partial charge in [0, 0.05) is 46.3 Å². The quantitative estimate of drug-likeness (QED) is 0.642. The number of nitrogens with one attached hydrogen (secondary N) is 1. The molecule has 0 saturated carbocycles. The third kappa shape index (κ3) is 6.42. The van der Waals surface area contributed by atoms with Crippen molar-refractivity contribution in [2.24, 2.45) is 0 Å². The van der Waals surface area contributed by atoms with Crippen molar-refractivity contribution in [2.75, 3.05) is 53.0 Å². The van der Waals surface area contributed by atoms with Gasteiger partial charge in [0.25, 0.3) is 0 Å². The smallest absolute Gasteiger partial charge is 0.240 e. The molecule has 0 radical (unpaired) electrons. The maximum absolute atomic E-state index is 11.9. The predicted molar refractivity (Wildman–Crippen MR) is 100 cm³/mol. The van der Waals surface area contributed by atoms with E-state index in [2.05, 4.69) is 37.4 Å². The number of ether oxygens (including phenoxy) is 1. The second-order valence-corrected chi connectivity index (χ2v) is 6.66. The van der Waals surface area contributed by atoms with Gasteiger partial charge in [-0.25, -0.2) is 0 Å². The van der Waals surface area contributed by atoms with E-state index >= 15 is 0 Å². The molecule has 1 aromatic carbocycles. The number of hydrogen-bond donors (Lipinski definition) is 1. The van der Waals surface area contributed by atoms with E-state index in [-0.39, 0.29) is 5.91 Å². The van der Waals surface area contributed by atoms with Gasteiger partial charge in [-0.05, 0) is 5.56 Å². The summed E-state index contributed by atoms with van der Waals surface area (Å²) in [6.45, 7) is 5.62. The summed E-state index contributed by atoms with van der Waals surface area (Å²) in [7, 11) is 1.62. The van der Waals surface area contributed by atoms with E-state index in [4.69, 9.17) is 9.26 Å². The molecule has 0 unspecified atom stereocenters. The summed E-state index contributed by atoms with van der Waals surface area (Å²) in [5.74, 6) is 1.40. The highest BCUT2D eigenvalue weighted by atomic mass is 16.5. The fourth-order valence-electron chi connectivity index (χ4n) is 3.05. The average molecular weight is 373 g/mol. The lowest BCUT2D eigenvalue weighted by Crippen LogP contribution is -2.49. The zero-order chi connectivity index (χ0) is 18.9. The number of nitrogens with zero attached hydrogens (tertiary/aromatic N) is 4. The van der Waals surface area contributed by atoms with Gasteiger partial charge >= 0.3 is 0 Å². The Labute approximate surface area is 159 Å². The molecule has 0 atom stereocenters. The first kappa shape index (κ1) is 19.5. The highest BCUT2D eigenvalue weighted by Crippen LogP contribution is 2.10. The molecule has 146 valence electrons. The molecule has 1 aliphatic heterocycles. The molecule has 1 fully saturated rings. The van der Waals surface area contributed by atoms with E-state index in [1.165, 1.54) is 5.56 Å². The molecule has 1 amide bonds. The van der Waals surface area contributed by atoms with Crippen molar-refractivity contribution in [2.45, 2.75) is 13.0 Å². The summed E-state index contributed by atoms with van der Waals surface area (Å²) in [6, 6.07) is 10.1. The van der Waals surface area contributed by atoms with Crippen LogP contribution in [0.4, 0.5) is 0 Å². The maximum atomic E-state index is 11.9. The molecule has 2 aromatic rings. The number of benzene rings is 1. The lowest BCUT2D eigenvalue weighted by atomic mass is 10.1. The Morgan fingerprint density at radius 3 is 2.67 bits per heavy atom. The van der Waals surface area contributed by atoms with Gasteiger partial charge in [-0.15, -0.1) is 0 Å². The summed E-state index contributed by atoms with van der Waals surface area (Å²) >= 11 is 0. The van der Waals surface area contributed by atoms with Crippen LogP contribution in [0.15, 0.2) is 34.9 Å². The first-order chi connectivity index (χ1) is 13.2. The minimum absolute atomic E-state index is 0.0444. The van der Waals surface area contributed by atoms with E-state index in [1.807, 2.05) is 18.2 Å². The van der Waals surface area contributed by atoms with Gasteiger partial charge in [-0.3, -0.25) is 14.6 Å². The molecule has 1 aromatic heterocycles. The molecule has 27 heavy (non-hydrogen) atoms. The number of carbonyl (C=O) groups excluding carboxylic acids is 1. The third-order valence-electron chi connectivity index (χ3n) is 4.53. The van der Waals surface area contributed by atoms with Crippen LogP contribution in [0.3, 0.4) is 0 Å². The number of hydrogen-bond acceptors (Lipinski definition) is 7. The summed E-state index contributed by atoms with van der Waals surface area (Å²) in [6.07, 6.45) is 0.677. The molecule has 1 N–H and O–H groups in total. The van der Waals surface area contributed by atoms with Crippen LogP contribution < -0.4 is 5.32 Å².